The van der Waals surface area contributed by atoms with Crippen molar-refractivity contribution in [3.05, 3.63) is 62.4 Å². The highest BCUT2D eigenvalue weighted by Crippen LogP contribution is 2.24. The molecule has 22 heavy (non-hydrogen) atoms. The summed E-state index contributed by atoms with van der Waals surface area (Å²) in [4.78, 5) is 22.7. The Bertz CT molecular complexity index is 801. The zero-order chi connectivity index (χ0) is 16.3. The van der Waals surface area contributed by atoms with Crippen molar-refractivity contribution < 1.29 is 4.92 Å². The molecule has 0 radical (unpaired) electrons. The van der Waals surface area contributed by atoms with Crippen LogP contribution in [0.4, 0.5) is 5.69 Å². The number of nitriles is 1. The second-order valence-electron chi connectivity index (χ2n) is 4.98. The molecule has 0 aliphatic carbocycles. The van der Waals surface area contributed by atoms with Crippen LogP contribution in [0.2, 0.25) is 0 Å². The van der Waals surface area contributed by atoms with E-state index in [1.807, 2.05) is 19.9 Å². The molecule has 6 nitrogen and oxygen atoms in total. The van der Waals surface area contributed by atoms with Crippen molar-refractivity contribution in [1.29, 1.82) is 5.26 Å². The second kappa shape index (κ2) is 6.22. The van der Waals surface area contributed by atoms with Gasteiger partial charge in [0.1, 0.15) is 11.6 Å². The quantitative estimate of drug-likeness (QED) is 0.640. The molecule has 0 amide bonds. The van der Waals surface area contributed by atoms with Gasteiger partial charge in [0.25, 0.3) is 11.2 Å². The molecular weight excluding hydrogens is 282 g/mol. The van der Waals surface area contributed by atoms with E-state index in [0.717, 1.165) is 6.42 Å². The van der Waals surface area contributed by atoms with Crippen LogP contribution in [0.1, 0.15) is 31.9 Å². The van der Waals surface area contributed by atoms with Crippen LogP contribution in [0, 0.1) is 21.4 Å². The molecule has 1 aromatic heterocycles. The highest BCUT2D eigenvalue weighted by Gasteiger charge is 2.15. The first kappa shape index (κ1) is 15.4. The van der Waals surface area contributed by atoms with Gasteiger partial charge in [-0.2, -0.15) is 5.26 Å². The van der Waals surface area contributed by atoms with E-state index in [9.17, 15) is 14.9 Å². The first-order valence-electron chi connectivity index (χ1n) is 6.90. The third-order valence-corrected chi connectivity index (χ3v) is 3.64. The van der Waals surface area contributed by atoms with E-state index in [2.05, 4.69) is 0 Å². The molecule has 112 valence electrons. The van der Waals surface area contributed by atoms with Gasteiger partial charge in [-0.05, 0) is 43.2 Å². The van der Waals surface area contributed by atoms with E-state index < -0.39 is 4.92 Å². The molecule has 2 aromatic rings. The van der Waals surface area contributed by atoms with Crippen molar-refractivity contribution in [2.75, 3.05) is 0 Å². The van der Waals surface area contributed by atoms with Gasteiger partial charge in [-0.25, -0.2) is 0 Å². The third kappa shape index (κ3) is 2.74. The van der Waals surface area contributed by atoms with Gasteiger partial charge >= 0.3 is 0 Å². The fourth-order valence-electron chi connectivity index (χ4n) is 2.25. The summed E-state index contributed by atoms with van der Waals surface area (Å²) in [7, 11) is 0. The van der Waals surface area contributed by atoms with Gasteiger partial charge in [-0.1, -0.05) is 6.92 Å². The number of benzene rings is 1. The molecule has 1 unspecified atom stereocenters. The Kier molecular flexibility index (Phi) is 4.37. The van der Waals surface area contributed by atoms with Crippen LogP contribution < -0.4 is 5.56 Å². The number of rotatable bonds is 4. The summed E-state index contributed by atoms with van der Waals surface area (Å²) in [6.07, 6.45) is 0.731. The maximum atomic E-state index is 12.4. The highest BCUT2D eigenvalue weighted by molar-refractivity contribution is 5.62. The largest absolute Gasteiger partial charge is 0.304 e. The fourth-order valence-corrected chi connectivity index (χ4v) is 2.25. The average Bonchev–Trinajstić information content (AvgIpc) is 2.53. The van der Waals surface area contributed by atoms with Crippen molar-refractivity contribution in [2.24, 2.45) is 0 Å². The van der Waals surface area contributed by atoms with E-state index in [1.165, 1.54) is 18.2 Å². The standard InChI is InChI=1S/C16H15N3O3/c1-3-11(2)18-15(9-6-13(10-17)16(18)20)12-4-7-14(8-5-12)19(21)22/h4-9,11H,3H2,1-2H3. The molecule has 0 saturated heterocycles. The Balaban J connectivity index is 2.65. The zero-order valence-corrected chi connectivity index (χ0v) is 12.3. The fraction of sp³-hybridized carbons (Fsp3) is 0.250. The molecule has 1 atom stereocenters. The highest BCUT2D eigenvalue weighted by atomic mass is 16.6. The van der Waals surface area contributed by atoms with Gasteiger partial charge in [0.15, 0.2) is 0 Å². The molecule has 0 spiro atoms. The smallest absolute Gasteiger partial charge is 0.269 e. The lowest BCUT2D eigenvalue weighted by Gasteiger charge is -2.19. The summed E-state index contributed by atoms with van der Waals surface area (Å²) in [5.41, 5.74) is 1.09. The van der Waals surface area contributed by atoms with Crippen molar-refractivity contribution in [3.8, 4) is 17.3 Å². The Morgan fingerprint density at radius 1 is 1.27 bits per heavy atom. The summed E-state index contributed by atoms with van der Waals surface area (Å²) < 4.78 is 1.57. The van der Waals surface area contributed by atoms with Crippen LogP contribution in [0.3, 0.4) is 0 Å². The maximum absolute atomic E-state index is 12.4. The summed E-state index contributed by atoms with van der Waals surface area (Å²) in [6.45, 7) is 3.85. The maximum Gasteiger partial charge on any atom is 0.269 e. The van der Waals surface area contributed by atoms with Crippen LogP contribution in [-0.4, -0.2) is 9.49 Å². The summed E-state index contributed by atoms with van der Waals surface area (Å²) in [6, 6.07) is 11.0. The van der Waals surface area contributed by atoms with E-state index in [-0.39, 0.29) is 22.9 Å². The summed E-state index contributed by atoms with van der Waals surface area (Å²) in [5, 5.41) is 19.7. The molecular formula is C16H15N3O3. The molecule has 0 aliphatic rings. The number of non-ortho nitro benzene ring substituents is 1. The number of hydrogen-bond acceptors (Lipinski definition) is 4. The van der Waals surface area contributed by atoms with Gasteiger partial charge in [-0.15, -0.1) is 0 Å². The van der Waals surface area contributed by atoms with Crippen molar-refractivity contribution in [1.82, 2.24) is 4.57 Å². The normalized spacial score (nSPS) is 11.7. The predicted molar refractivity (Wildman–Crippen MR) is 82.5 cm³/mol. The lowest BCUT2D eigenvalue weighted by atomic mass is 10.1. The van der Waals surface area contributed by atoms with E-state index >= 15 is 0 Å². The molecule has 0 fully saturated rings. The first-order valence-corrected chi connectivity index (χ1v) is 6.90. The first-order chi connectivity index (χ1) is 10.5. The monoisotopic (exact) mass is 297 g/mol. The minimum absolute atomic E-state index is 0.00479. The van der Waals surface area contributed by atoms with Crippen LogP contribution >= 0.6 is 0 Å². The summed E-state index contributed by atoms with van der Waals surface area (Å²) >= 11 is 0. The molecule has 1 heterocycles. The molecule has 0 aliphatic heterocycles. The van der Waals surface area contributed by atoms with Crippen molar-refractivity contribution in [2.45, 2.75) is 26.3 Å². The SMILES string of the molecule is CCC(C)n1c(-c2ccc([N+](=O)[O-])cc2)ccc(C#N)c1=O. The Morgan fingerprint density at radius 3 is 2.41 bits per heavy atom. The molecule has 0 bridgehead atoms. The van der Waals surface area contributed by atoms with Crippen LogP contribution in [0.5, 0.6) is 0 Å². The topological polar surface area (TPSA) is 88.9 Å². The number of pyridine rings is 1. The molecule has 1 aromatic carbocycles. The van der Waals surface area contributed by atoms with E-state index in [1.54, 1.807) is 22.8 Å². The minimum atomic E-state index is -0.468. The van der Waals surface area contributed by atoms with E-state index in [0.29, 0.717) is 11.3 Å². The minimum Gasteiger partial charge on any atom is -0.304 e. The predicted octanol–water partition coefficient (Wildman–Crippen LogP) is 3.27. The van der Waals surface area contributed by atoms with Crippen LogP contribution in [-0.2, 0) is 0 Å². The number of aromatic nitrogens is 1. The second-order valence-corrected chi connectivity index (χ2v) is 4.98. The van der Waals surface area contributed by atoms with Crippen LogP contribution in [0.25, 0.3) is 11.3 Å². The van der Waals surface area contributed by atoms with Gasteiger partial charge in [0.2, 0.25) is 0 Å². The molecule has 6 heteroatoms. The van der Waals surface area contributed by atoms with E-state index in [4.69, 9.17) is 5.26 Å². The third-order valence-electron chi connectivity index (χ3n) is 3.64. The van der Waals surface area contributed by atoms with Crippen molar-refractivity contribution >= 4 is 5.69 Å². The van der Waals surface area contributed by atoms with Crippen LogP contribution in [0.15, 0.2) is 41.2 Å². The molecule has 0 saturated carbocycles. The number of nitro groups is 1. The lowest BCUT2D eigenvalue weighted by molar-refractivity contribution is -0.384. The molecule has 2 rings (SSSR count). The Morgan fingerprint density at radius 2 is 1.91 bits per heavy atom. The number of hydrogen-bond donors (Lipinski definition) is 0. The van der Waals surface area contributed by atoms with Crippen molar-refractivity contribution in [3.63, 3.8) is 0 Å². The van der Waals surface area contributed by atoms with Gasteiger partial charge in [0, 0.05) is 18.2 Å². The summed E-state index contributed by atoms with van der Waals surface area (Å²) in [5.74, 6) is 0. The molecule has 0 N–H and O–H groups in total. The van der Waals surface area contributed by atoms with Gasteiger partial charge in [-0.3, -0.25) is 14.9 Å². The van der Waals surface area contributed by atoms with Gasteiger partial charge in [0.05, 0.1) is 10.6 Å². The van der Waals surface area contributed by atoms with Gasteiger partial charge < -0.3 is 4.57 Å². The Labute approximate surface area is 127 Å². The lowest BCUT2D eigenvalue weighted by Crippen LogP contribution is -2.26. The Hall–Kier alpha value is -2.94. The number of nitro benzene ring substituents is 1. The number of nitrogens with zero attached hydrogens (tertiary/aromatic N) is 3. The average molecular weight is 297 g/mol. The zero-order valence-electron chi connectivity index (χ0n) is 12.3.